The van der Waals surface area contributed by atoms with Crippen LogP contribution in [0.1, 0.15) is 69.8 Å². The van der Waals surface area contributed by atoms with Crippen molar-refractivity contribution in [3.8, 4) is 11.5 Å². The molecule has 156 valence electrons. The van der Waals surface area contributed by atoms with E-state index in [9.17, 15) is 0 Å². The molecule has 2 saturated carbocycles. The van der Waals surface area contributed by atoms with Crippen LogP contribution in [0, 0.1) is 11.8 Å². The van der Waals surface area contributed by atoms with Crippen molar-refractivity contribution in [3.63, 3.8) is 0 Å². The van der Waals surface area contributed by atoms with Crippen LogP contribution in [0.2, 0.25) is 0 Å². The Labute approximate surface area is 183 Å². The normalized spacial score (nSPS) is 23.7. The first kappa shape index (κ1) is 21.1. The van der Waals surface area contributed by atoms with Gasteiger partial charge in [0, 0.05) is 17.4 Å². The van der Waals surface area contributed by atoms with Crippen molar-refractivity contribution in [1.82, 2.24) is 0 Å². The molecule has 1 aromatic rings. The molecule has 0 saturated heterocycles. The summed E-state index contributed by atoms with van der Waals surface area (Å²) in [6.07, 6.45) is 12.8. The van der Waals surface area contributed by atoms with Gasteiger partial charge in [-0.05, 0) is 43.9 Å². The fourth-order valence-corrected chi connectivity index (χ4v) is 5.98. The Morgan fingerprint density at radius 3 is 2.11 bits per heavy atom. The van der Waals surface area contributed by atoms with E-state index >= 15 is 0 Å². The van der Waals surface area contributed by atoms with Crippen molar-refractivity contribution in [2.45, 2.75) is 76.6 Å². The lowest BCUT2D eigenvalue weighted by atomic mass is 9.72. The topological polar surface area (TPSA) is 27.7 Å². The van der Waals surface area contributed by atoms with Crippen LogP contribution >= 0.6 is 33.2 Å². The first-order chi connectivity index (χ1) is 13.5. The molecule has 28 heavy (non-hydrogen) atoms. The van der Waals surface area contributed by atoms with Crippen LogP contribution < -0.4 is 9.47 Å². The predicted octanol–water partition coefficient (Wildman–Crippen LogP) is 7.03. The van der Waals surface area contributed by atoms with E-state index in [1.165, 1.54) is 64.2 Å². The van der Waals surface area contributed by atoms with Crippen LogP contribution in [0.25, 0.3) is 0 Å². The van der Waals surface area contributed by atoms with Gasteiger partial charge in [0.1, 0.15) is 17.7 Å². The number of benzene rings is 1. The zero-order valence-electron chi connectivity index (χ0n) is 16.2. The third kappa shape index (κ3) is 4.78. The van der Waals surface area contributed by atoms with Crippen LogP contribution in [0.4, 0.5) is 0 Å². The van der Waals surface area contributed by atoms with Crippen LogP contribution in [-0.2, 0) is 11.3 Å². The Hall–Kier alpha value is -0.133. The molecule has 2 aliphatic carbocycles. The number of hydrogen-bond acceptors (Lipinski definition) is 3. The Morgan fingerprint density at radius 1 is 0.929 bits per heavy atom. The zero-order chi connectivity index (χ0) is 19.6. The summed E-state index contributed by atoms with van der Waals surface area (Å²) in [5, 5.41) is 0. The monoisotopic (exact) mass is 462 g/mol. The van der Waals surface area contributed by atoms with Crippen molar-refractivity contribution < 1.29 is 14.2 Å². The maximum absolute atomic E-state index is 6.75. The molecule has 0 bridgehead atoms. The van der Waals surface area contributed by atoms with E-state index in [0.29, 0.717) is 24.2 Å². The lowest BCUT2D eigenvalue weighted by molar-refractivity contribution is -0.278. The molecular formula is C21H29Cl3O3Si. The summed E-state index contributed by atoms with van der Waals surface area (Å²) in [7, 11) is 0. The zero-order valence-corrected chi connectivity index (χ0v) is 19.5. The largest absolute Gasteiger partial charge is 0.493 e. The van der Waals surface area contributed by atoms with Crippen LogP contribution in [0.5, 0.6) is 11.5 Å². The van der Waals surface area contributed by atoms with Gasteiger partial charge in [-0.25, -0.2) is 0 Å². The van der Waals surface area contributed by atoms with Gasteiger partial charge in [0.15, 0.2) is 0 Å². The number of ether oxygens (including phenoxy) is 3. The van der Waals surface area contributed by atoms with Crippen molar-refractivity contribution >= 4 is 39.2 Å². The van der Waals surface area contributed by atoms with Crippen molar-refractivity contribution in [1.29, 1.82) is 0 Å². The number of halogens is 3. The molecule has 0 N–H and O–H groups in total. The van der Waals surface area contributed by atoms with Crippen molar-refractivity contribution in [3.05, 3.63) is 23.8 Å². The molecule has 1 aromatic carbocycles. The van der Waals surface area contributed by atoms with Gasteiger partial charge in [0.05, 0.1) is 6.61 Å². The summed E-state index contributed by atoms with van der Waals surface area (Å²) in [4.78, 5) is 0. The van der Waals surface area contributed by atoms with Crippen molar-refractivity contribution in [2.24, 2.45) is 11.8 Å². The van der Waals surface area contributed by atoms with E-state index in [1.54, 1.807) is 0 Å². The first-order valence-corrected chi connectivity index (χ1v) is 15.9. The minimum atomic E-state index is -2.81. The highest BCUT2D eigenvalue weighted by Gasteiger charge is 2.51. The molecule has 1 heterocycles. The summed E-state index contributed by atoms with van der Waals surface area (Å²) >= 11 is 17.8. The summed E-state index contributed by atoms with van der Waals surface area (Å²) in [6.45, 7) is 0.560. The number of fused-ring (bicyclic) bond motifs is 1. The molecule has 3 aliphatic rings. The second-order valence-electron chi connectivity index (χ2n) is 8.46. The van der Waals surface area contributed by atoms with Gasteiger partial charge in [0.25, 0.3) is 0 Å². The van der Waals surface area contributed by atoms with Gasteiger partial charge in [-0.2, -0.15) is 0 Å². The third-order valence-electron chi connectivity index (χ3n) is 6.51. The average Bonchev–Trinajstić information content (AvgIpc) is 2.72. The smallest absolute Gasteiger partial charge is 0.377 e. The molecule has 0 spiro atoms. The standard InChI is InChI=1S/C21H29Cl3O3Si/c22-28(23,24)15-25-19-11-12-20-16(13-19)14-26-21(27-20,17-7-3-1-4-8-17)18-9-5-2-6-10-18/h11-13,17-18H,1-10,14-15H2. The number of hydrogen-bond donors (Lipinski definition) is 0. The Bertz CT molecular complexity index is 649. The molecule has 4 rings (SSSR count). The molecule has 7 heteroatoms. The van der Waals surface area contributed by atoms with E-state index in [0.717, 1.165) is 11.3 Å². The molecule has 1 aliphatic heterocycles. The molecule has 3 nitrogen and oxygen atoms in total. The molecule has 0 amide bonds. The van der Waals surface area contributed by atoms with Gasteiger partial charge < -0.3 is 14.2 Å². The maximum Gasteiger partial charge on any atom is 0.377 e. The minimum Gasteiger partial charge on any atom is -0.493 e. The summed E-state index contributed by atoms with van der Waals surface area (Å²) < 4.78 is 19.1. The van der Waals surface area contributed by atoms with Gasteiger partial charge in [-0.1, -0.05) is 38.5 Å². The van der Waals surface area contributed by atoms with E-state index < -0.39 is 11.8 Å². The third-order valence-corrected chi connectivity index (χ3v) is 7.96. The van der Waals surface area contributed by atoms with Crippen molar-refractivity contribution in [2.75, 3.05) is 6.23 Å². The Balaban J connectivity index is 1.55. The maximum atomic E-state index is 6.75. The molecule has 0 atom stereocenters. The first-order valence-electron chi connectivity index (χ1n) is 10.6. The highest BCUT2D eigenvalue weighted by Crippen LogP contribution is 2.49. The second-order valence-corrected chi connectivity index (χ2v) is 17.5. The Kier molecular flexibility index (Phi) is 6.73. The molecule has 0 radical (unpaired) electrons. The van der Waals surface area contributed by atoms with Crippen LogP contribution in [0.15, 0.2) is 18.2 Å². The van der Waals surface area contributed by atoms with E-state index in [-0.39, 0.29) is 6.23 Å². The average molecular weight is 464 g/mol. The predicted molar refractivity (Wildman–Crippen MR) is 117 cm³/mol. The van der Waals surface area contributed by atoms with Gasteiger partial charge in [0.2, 0.25) is 5.79 Å². The summed E-state index contributed by atoms with van der Waals surface area (Å²) in [5.41, 5.74) is 1.02. The molecular weight excluding hydrogens is 435 g/mol. The quantitative estimate of drug-likeness (QED) is 0.346. The lowest BCUT2D eigenvalue weighted by Gasteiger charge is -2.50. The molecule has 2 fully saturated rings. The Morgan fingerprint density at radius 2 is 1.54 bits per heavy atom. The SMILES string of the molecule is Cl[Si](Cl)(Cl)COc1ccc2c(c1)COC(C1CCCCC1)(C1CCCCC1)O2. The van der Waals surface area contributed by atoms with Gasteiger partial charge in [-0.15, -0.1) is 33.2 Å². The van der Waals surface area contributed by atoms with E-state index in [2.05, 4.69) is 0 Å². The fourth-order valence-electron chi connectivity index (χ4n) is 5.16. The second kappa shape index (κ2) is 8.93. The fraction of sp³-hybridized carbons (Fsp3) is 0.714. The van der Waals surface area contributed by atoms with E-state index in [1.807, 2.05) is 18.2 Å². The molecule has 0 aromatic heterocycles. The minimum absolute atomic E-state index is 0.145. The van der Waals surface area contributed by atoms with Crippen LogP contribution in [0.3, 0.4) is 0 Å². The highest BCUT2D eigenvalue weighted by atomic mass is 35.8. The molecule has 0 unspecified atom stereocenters. The summed E-state index contributed by atoms with van der Waals surface area (Å²) in [5.74, 6) is 2.15. The van der Waals surface area contributed by atoms with Crippen LogP contribution in [-0.4, -0.2) is 18.0 Å². The summed E-state index contributed by atoms with van der Waals surface area (Å²) in [6, 6.07) is 3.08. The lowest BCUT2D eigenvalue weighted by Crippen LogP contribution is -2.55. The highest BCUT2D eigenvalue weighted by molar-refractivity contribution is 7.64. The number of rotatable bonds is 5. The van der Waals surface area contributed by atoms with Gasteiger partial charge in [-0.3, -0.25) is 0 Å². The van der Waals surface area contributed by atoms with E-state index in [4.69, 9.17) is 47.4 Å². The van der Waals surface area contributed by atoms with Gasteiger partial charge >= 0.3 is 6.00 Å².